The topological polar surface area (TPSA) is 86.7 Å². The Morgan fingerprint density at radius 2 is 1.67 bits per heavy atom. The molecule has 2 aromatic carbocycles. The average molecular weight is 560 g/mol. The van der Waals surface area contributed by atoms with E-state index in [2.05, 4.69) is 16.3 Å². The van der Waals surface area contributed by atoms with Crippen LogP contribution < -0.4 is 9.80 Å². The SMILES string of the molecule is Cc1ccc(-c2ccc(N3CCN(S(=O)(=O)c4ccc5c(c4)CC(C)N5C(=O)C(F)(F)F)CC3)nn2)c(C)c1. The number of hydrogen-bond donors (Lipinski definition) is 0. The zero-order valence-corrected chi connectivity index (χ0v) is 22.6. The molecule has 1 atom stereocenters. The van der Waals surface area contributed by atoms with Gasteiger partial charge in [-0.1, -0.05) is 23.8 Å². The number of hydrogen-bond acceptors (Lipinski definition) is 6. The lowest BCUT2D eigenvalue weighted by Gasteiger charge is -2.34. The number of aromatic nitrogens is 2. The number of carbonyl (C=O) groups is 1. The second-order valence-corrected chi connectivity index (χ2v) is 11.9. The van der Waals surface area contributed by atoms with Crippen LogP contribution >= 0.6 is 0 Å². The number of amides is 1. The Morgan fingerprint density at radius 3 is 2.28 bits per heavy atom. The van der Waals surface area contributed by atoms with Gasteiger partial charge in [-0.3, -0.25) is 4.79 Å². The summed E-state index contributed by atoms with van der Waals surface area (Å²) >= 11 is 0. The van der Waals surface area contributed by atoms with E-state index in [-0.39, 0.29) is 30.1 Å². The summed E-state index contributed by atoms with van der Waals surface area (Å²) in [6.45, 7) is 6.82. The summed E-state index contributed by atoms with van der Waals surface area (Å²) in [7, 11) is -3.88. The molecule has 1 saturated heterocycles. The number of nitrogens with zero attached hydrogens (tertiary/aromatic N) is 5. The molecule has 1 fully saturated rings. The minimum atomic E-state index is -5.01. The second-order valence-electron chi connectivity index (χ2n) is 10.0. The van der Waals surface area contributed by atoms with Crippen molar-refractivity contribution in [1.82, 2.24) is 14.5 Å². The first-order valence-corrected chi connectivity index (χ1v) is 14.0. The molecule has 3 aromatic rings. The van der Waals surface area contributed by atoms with Crippen LogP contribution in [0.3, 0.4) is 0 Å². The molecule has 8 nitrogen and oxygen atoms in total. The molecule has 0 radical (unpaired) electrons. The molecule has 3 heterocycles. The molecule has 1 unspecified atom stereocenters. The smallest absolute Gasteiger partial charge is 0.352 e. The van der Waals surface area contributed by atoms with Gasteiger partial charge in [-0.25, -0.2) is 8.42 Å². The van der Waals surface area contributed by atoms with Gasteiger partial charge in [0.15, 0.2) is 5.82 Å². The number of piperazine rings is 1. The molecular formula is C27H28F3N5O3S. The monoisotopic (exact) mass is 559 g/mol. The molecule has 1 amide bonds. The highest BCUT2D eigenvalue weighted by Crippen LogP contribution is 2.37. The fourth-order valence-corrected chi connectivity index (χ4v) is 6.73. The summed E-state index contributed by atoms with van der Waals surface area (Å²) < 4.78 is 67.3. The van der Waals surface area contributed by atoms with Gasteiger partial charge in [0.25, 0.3) is 0 Å². The molecule has 206 valence electrons. The van der Waals surface area contributed by atoms with Gasteiger partial charge >= 0.3 is 12.1 Å². The van der Waals surface area contributed by atoms with Crippen LogP contribution in [0.25, 0.3) is 11.3 Å². The van der Waals surface area contributed by atoms with Gasteiger partial charge in [0.2, 0.25) is 10.0 Å². The Hall–Kier alpha value is -3.51. The van der Waals surface area contributed by atoms with Gasteiger partial charge in [0.05, 0.1) is 10.6 Å². The van der Waals surface area contributed by atoms with E-state index in [1.165, 1.54) is 35.0 Å². The summed E-state index contributed by atoms with van der Waals surface area (Å²) in [5, 5.41) is 8.75. The minimum absolute atomic E-state index is 0.000759. The quantitative estimate of drug-likeness (QED) is 0.478. The maximum absolute atomic E-state index is 13.4. The number of carbonyl (C=O) groups excluding carboxylic acids is 1. The highest BCUT2D eigenvalue weighted by atomic mass is 32.2. The largest absolute Gasteiger partial charge is 0.471 e. The molecule has 0 bridgehead atoms. The summed E-state index contributed by atoms with van der Waals surface area (Å²) in [6.07, 6.45) is -4.87. The van der Waals surface area contributed by atoms with E-state index in [1.807, 2.05) is 43.0 Å². The van der Waals surface area contributed by atoms with E-state index >= 15 is 0 Å². The predicted molar refractivity (Wildman–Crippen MR) is 141 cm³/mol. The first-order chi connectivity index (χ1) is 18.4. The highest BCUT2D eigenvalue weighted by Gasteiger charge is 2.47. The molecule has 5 rings (SSSR count). The van der Waals surface area contributed by atoms with E-state index in [4.69, 9.17) is 0 Å². The van der Waals surface area contributed by atoms with E-state index in [0.717, 1.165) is 16.8 Å². The van der Waals surface area contributed by atoms with E-state index in [1.54, 1.807) is 0 Å². The molecule has 39 heavy (non-hydrogen) atoms. The van der Waals surface area contributed by atoms with Crippen LogP contribution in [0.4, 0.5) is 24.7 Å². The van der Waals surface area contributed by atoms with Crippen molar-refractivity contribution in [3.05, 3.63) is 65.2 Å². The molecule has 2 aliphatic heterocycles. The number of halogens is 3. The van der Waals surface area contributed by atoms with Crippen LogP contribution in [0.15, 0.2) is 53.4 Å². The van der Waals surface area contributed by atoms with Gasteiger partial charge in [-0.2, -0.15) is 17.5 Å². The lowest BCUT2D eigenvalue weighted by Crippen LogP contribution is -2.49. The zero-order valence-electron chi connectivity index (χ0n) is 21.7. The lowest BCUT2D eigenvalue weighted by atomic mass is 10.0. The van der Waals surface area contributed by atoms with Crippen LogP contribution in [0.5, 0.6) is 0 Å². The molecule has 0 aliphatic carbocycles. The second kappa shape index (κ2) is 9.91. The number of benzene rings is 2. The van der Waals surface area contributed by atoms with Crippen molar-refractivity contribution in [3.63, 3.8) is 0 Å². The van der Waals surface area contributed by atoms with Crippen molar-refractivity contribution in [2.45, 2.75) is 44.3 Å². The zero-order chi connectivity index (χ0) is 28.1. The summed E-state index contributed by atoms with van der Waals surface area (Å²) in [4.78, 5) is 14.6. The van der Waals surface area contributed by atoms with Gasteiger partial charge in [0, 0.05) is 43.5 Å². The standard InChI is InChI=1S/C27H28F3N5O3S/c1-17-4-6-22(18(2)14-17)23-7-9-25(32-31-23)33-10-12-34(13-11-33)39(37,38)21-5-8-24-20(16-21)15-19(3)35(24)26(36)27(28,29)30/h4-9,14,16,19H,10-13,15H2,1-3H3. The van der Waals surface area contributed by atoms with Crippen LogP contribution in [0.1, 0.15) is 23.6 Å². The minimum Gasteiger partial charge on any atom is -0.352 e. The molecule has 0 spiro atoms. The maximum atomic E-state index is 13.4. The third-order valence-corrected chi connectivity index (χ3v) is 9.13. The summed E-state index contributed by atoms with van der Waals surface area (Å²) in [5.41, 5.74) is 4.54. The van der Waals surface area contributed by atoms with Gasteiger partial charge in [0.1, 0.15) is 0 Å². The summed E-state index contributed by atoms with van der Waals surface area (Å²) in [5.74, 6) is -1.30. The highest BCUT2D eigenvalue weighted by molar-refractivity contribution is 7.89. The predicted octanol–water partition coefficient (Wildman–Crippen LogP) is 4.11. The Balaban J connectivity index is 1.27. The van der Waals surface area contributed by atoms with Gasteiger partial charge in [-0.05, 0) is 68.7 Å². The molecule has 1 aromatic heterocycles. The van der Waals surface area contributed by atoms with Crippen molar-refractivity contribution in [3.8, 4) is 11.3 Å². The molecule has 0 saturated carbocycles. The van der Waals surface area contributed by atoms with Gasteiger partial charge in [-0.15, -0.1) is 10.2 Å². The Morgan fingerprint density at radius 1 is 0.949 bits per heavy atom. The number of alkyl halides is 3. The Bertz CT molecular complexity index is 1520. The molecule has 12 heteroatoms. The Kier molecular flexibility index (Phi) is 6.88. The fourth-order valence-electron chi connectivity index (χ4n) is 5.26. The van der Waals surface area contributed by atoms with Crippen molar-refractivity contribution in [2.24, 2.45) is 0 Å². The number of rotatable bonds is 4. The normalized spacial score (nSPS) is 18.4. The third kappa shape index (κ3) is 5.10. The van der Waals surface area contributed by atoms with E-state index in [9.17, 15) is 26.4 Å². The third-order valence-electron chi connectivity index (χ3n) is 7.24. The lowest BCUT2D eigenvalue weighted by molar-refractivity contribution is -0.170. The molecule has 0 N–H and O–H groups in total. The van der Waals surface area contributed by atoms with Crippen LogP contribution in [0.2, 0.25) is 0 Å². The van der Waals surface area contributed by atoms with Crippen LogP contribution in [-0.2, 0) is 21.2 Å². The first kappa shape index (κ1) is 27.1. The van der Waals surface area contributed by atoms with Crippen molar-refractivity contribution < 1.29 is 26.4 Å². The fraction of sp³-hybridized carbons (Fsp3) is 0.370. The number of anilines is 2. The van der Waals surface area contributed by atoms with E-state index < -0.39 is 28.1 Å². The van der Waals surface area contributed by atoms with Crippen LogP contribution in [-0.4, -0.2) is 67.2 Å². The Labute approximate surface area is 225 Å². The van der Waals surface area contributed by atoms with Crippen LogP contribution in [0, 0.1) is 13.8 Å². The summed E-state index contributed by atoms with van der Waals surface area (Å²) in [6, 6.07) is 13.1. The van der Waals surface area contributed by atoms with Gasteiger partial charge < -0.3 is 9.80 Å². The number of sulfonamides is 1. The van der Waals surface area contributed by atoms with Crippen molar-refractivity contribution in [1.29, 1.82) is 0 Å². The van der Waals surface area contributed by atoms with E-state index in [0.29, 0.717) is 29.4 Å². The molecular weight excluding hydrogens is 531 g/mol. The first-order valence-electron chi connectivity index (χ1n) is 12.6. The van der Waals surface area contributed by atoms with Crippen molar-refractivity contribution in [2.75, 3.05) is 36.0 Å². The average Bonchev–Trinajstić information content (AvgIpc) is 3.22. The number of fused-ring (bicyclic) bond motifs is 1. The molecule has 2 aliphatic rings. The number of aryl methyl sites for hydroxylation is 2. The maximum Gasteiger partial charge on any atom is 0.471 e. The van der Waals surface area contributed by atoms with Crippen molar-refractivity contribution >= 4 is 27.4 Å².